The third-order valence-electron chi connectivity index (χ3n) is 1.82. The number of hydrogen-bond acceptors (Lipinski definition) is 4. The molecule has 1 aromatic rings. The van der Waals surface area contributed by atoms with Crippen LogP contribution in [-0.4, -0.2) is 18.1 Å². The molecule has 4 nitrogen and oxygen atoms in total. The van der Waals surface area contributed by atoms with Gasteiger partial charge in [0.05, 0.1) is 7.11 Å². The van der Waals surface area contributed by atoms with Crippen LogP contribution in [0.5, 0.6) is 0 Å². The van der Waals surface area contributed by atoms with E-state index in [1.807, 2.05) is 0 Å². The van der Waals surface area contributed by atoms with Gasteiger partial charge in [-0.2, -0.15) is 13.2 Å². The normalized spacial score (nSPS) is 11.8. The number of pyridine rings is 1. The number of nitrogens with two attached hydrogens (primary N) is 1. The maximum Gasteiger partial charge on any atom is 0.434 e. The molecule has 17 heavy (non-hydrogen) atoms. The summed E-state index contributed by atoms with van der Waals surface area (Å²) in [5.74, 6) is -0.998. The predicted molar refractivity (Wildman–Crippen MR) is 54.7 cm³/mol. The fourth-order valence-electron chi connectivity index (χ4n) is 1.07. The number of carbonyl (C=O) groups excluding carboxylic acids is 1. The highest BCUT2D eigenvalue weighted by molar-refractivity contribution is 5.87. The van der Waals surface area contributed by atoms with Gasteiger partial charge in [-0.25, -0.2) is 9.78 Å². The van der Waals surface area contributed by atoms with Gasteiger partial charge >= 0.3 is 12.1 Å². The van der Waals surface area contributed by atoms with Crippen molar-refractivity contribution in [3.63, 3.8) is 0 Å². The Balaban J connectivity index is 3.16. The summed E-state index contributed by atoms with van der Waals surface area (Å²) in [6, 6.07) is 2.34. The maximum atomic E-state index is 12.6. The van der Waals surface area contributed by atoms with E-state index >= 15 is 0 Å². The summed E-state index contributed by atoms with van der Waals surface area (Å²) in [7, 11) is 1.12. The number of halogens is 3. The Morgan fingerprint density at radius 1 is 1.47 bits per heavy atom. The van der Waals surface area contributed by atoms with Crippen LogP contribution in [0.1, 0.15) is 11.3 Å². The standard InChI is InChI=1S/C10H9F3N2O2/c1-17-8(16)5-3-6-2-4-7(14)15-9(6)10(11,12)13/h2-5H,1H3,(H2,14,15). The average Bonchev–Trinajstić information content (AvgIpc) is 2.25. The van der Waals surface area contributed by atoms with Crippen LogP contribution in [0.15, 0.2) is 18.2 Å². The summed E-state index contributed by atoms with van der Waals surface area (Å²) in [4.78, 5) is 14.0. The van der Waals surface area contributed by atoms with Crippen molar-refractivity contribution in [3.05, 3.63) is 29.5 Å². The highest BCUT2D eigenvalue weighted by Gasteiger charge is 2.35. The Labute approximate surface area is 94.9 Å². The van der Waals surface area contributed by atoms with Crippen LogP contribution < -0.4 is 5.73 Å². The van der Waals surface area contributed by atoms with E-state index in [0.29, 0.717) is 0 Å². The monoisotopic (exact) mass is 246 g/mol. The number of ether oxygens (including phenoxy) is 1. The summed E-state index contributed by atoms with van der Waals surface area (Å²) in [5, 5.41) is 0. The second-order valence-corrected chi connectivity index (χ2v) is 3.03. The van der Waals surface area contributed by atoms with Crippen molar-refractivity contribution >= 4 is 17.9 Å². The van der Waals surface area contributed by atoms with Crippen LogP contribution in [0, 0.1) is 0 Å². The number of hydrogen-bond donors (Lipinski definition) is 1. The first-order chi connectivity index (χ1) is 7.84. The second-order valence-electron chi connectivity index (χ2n) is 3.03. The van der Waals surface area contributed by atoms with Crippen molar-refractivity contribution in [1.82, 2.24) is 4.98 Å². The average molecular weight is 246 g/mol. The molecular formula is C10H9F3N2O2. The van der Waals surface area contributed by atoms with Crippen molar-refractivity contribution < 1.29 is 22.7 Å². The van der Waals surface area contributed by atoms with E-state index < -0.39 is 17.8 Å². The zero-order valence-corrected chi connectivity index (χ0v) is 8.78. The molecule has 0 aromatic carbocycles. The summed E-state index contributed by atoms with van der Waals surface area (Å²) >= 11 is 0. The number of aromatic nitrogens is 1. The molecule has 0 amide bonds. The molecule has 0 saturated heterocycles. The van der Waals surface area contributed by atoms with Gasteiger partial charge in [-0.15, -0.1) is 0 Å². The molecule has 1 aromatic heterocycles. The Morgan fingerprint density at radius 2 is 2.12 bits per heavy atom. The van der Waals surface area contributed by atoms with Gasteiger partial charge in [0.15, 0.2) is 5.69 Å². The smallest absolute Gasteiger partial charge is 0.434 e. The van der Waals surface area contributed by atoms with E-state index in [0.717, 1.165) is 25.3 Å². The molecule has 0 radical (unpaired) electrons. The molecular weight excluding hydrogens is 237 g/mol. The summed E-state index contributed by atoms with van der Waals surface area (Å²) < 4.78 is 42.0. The quantitative estimate of drug-likeness (QED) is 0.639. The van der Waals surface area contributed by atoms with Gasteiger partial charge in [0.1, 0.15) is 5.82 Å². The first-order valence-electron chi connectivity index (χ1n) is 4.44. The van der Waals surface area contributed by atoms with E-state index in [2.05, 4.69) is 9.72 Å². The van der Waals surface area contributed by atoms with E-state index in [1.165, 1.54) is 6.07 Å². The Morgan fingerprint density at radius 3 is 2.65 bits per heavy atom. The zero-order chi connectivity index (χ0) is 13.1. The second kappa shape index (κ2) is 4.86. The van der Waals surface area contributed by atoms with Gasteiger partial charge in [-0.1, -0.05) is 0 Å². The third kappa shape index (κ3) is 3.47. The molecule has 1 rings (SSSR count). The highest BCUT2D eigenvalue weighted by atomic mass is 19.4. The fourth-order valence-corrected chi connectivity index (χ4v) is 1.07. The number of anilines is 1. The molecule has 0 aliphatic heterocycles. The molecule has 2 N–H and O–H groups in total. The number of nitrogen functional groups attached to an aromatic ring is 1. The van der Waals surface area contributed by atoms with Crippen molar-refractivity contribution in [2.75, 3.05) is 12.8 Å². The minimum absolute atomic E-state index is 0.243. The third-order valence-corrected chi connectivity index (χ3v) is 1.82. The molecule has 7 heteroatoms. The van der Waals surface area contributed by atoms with E-state index in [4.69, 9.17) is 5.73 Å². The van der Waals surface area contributed by atoms with Crippen LogP contribution in [0.25, 0.3) is 6.08 Å². The largest absolute Gasteiger partial charge is 0.466 e. The summed E-state index contributed by atoms with van der Waals surface area (Å²) in [5.41, 5.74) is 3.79. The fraction of sp³-hybridized carbons (Fsp3) is 0.200. The molecule has 0 aliphatic carbocycles. The minimum atomic E-state index is -4.63. The van der Waals surface area contributed by atoms with E-state index in [9.17, 15) is 18.0 Å². The predicted octanol–water partition coefficient (Wildman–Crippen LogP) is 1.87. The molecule has 1 heterocycles. The number of nitrogens with zero attached hydrogens (tertiary/aromatic N) is 1. The van der Waals surface area contributed by atoms with Crippen molar-refractivity contribution in [2.45, 2.75) is 6.18 Å². The van der Waals surface area contributed by atoms with Crippen LogP contribution >= 0.6 is 0 Å². The summed E-state index contributed by atoms with van der Waals surface area (Å²) in [6.07, 6.45) is -2.78. The lowest BCUT2D eigenvalue weighted by Crippen LogP contribution is -2.11. The molecule has 0 unspecified atom stereocenters. The SMILES string of the molecule is COC(=O)C=Cc1ccc(N)nc1C(F)(F)F. The number of methoxy groups -OCH3 is 1. The molecule has 0 aliphatic rings. The Bertz CT molecular complexity index is 455. The lowest BCUT2D eigenvalue weighted by atomic mass is 10.1. The Hall–Kier alpha value is -2.05. The van der Waals surface area contributed by atoms with Gasteiger partial charge in [0.2, 0.25) is 0 Å². The first kappa shape index (κ1) is 13.0. The lowest BCUT2D eigenvalue weighted by molar-refractivity contribution is -0.141. The van der Waals surface area contributed by atoms with Gasteiger partial charge in [0, 0.05) is 11.6 Å². The van der Waals surface area contributed by atoms with Gasteiger partial charge < -0.3 is 10.5 Å². The van der Waals surface area contributed by atoms with E-state index in [1.54, 1.807) is 0 Å². The minimum Gasteiger partial charge on any atom is -0.466 e. The lowest BCUT2D eigenvalue weighted by Gasteiger charge is -2.09. The van der Waals surface area contributed by atoms with Crippen LogP contribution in [0.2, 0.25) is 0 Å². The van der Waals surface area contributed by atoms with Gasteiger partial charge in [0.25, 0.3) is 0 Å². The van der Waals surface area contributed by atoms with Crippen LogP contribution in [0.4, 0.5) is 19.0 Å². The van der Waals surface area contributed by atoms with E-state index in [-0.39, 0.29) is 11.4 Å². The van der Waals surface area contributed by atoms with Gasteiger partial charge in [-0.3, -0.25) is 0 Å². The Kier molecular flexibility index (Phi) is 3.72. The van der Waals surface area contributed by atoms with Crippen LogP contribution in [0.3, 0.4) is 0 Å². The molecule has 0 fully saturated rings. The number of alkyl halides is 3. The van der Waals surface area contributed by atoms with Gasteiger partial charge in [-0.05, 0) is 18.2 Å². The first-order valence-corrected chi connectivity index (χ1v) is 4.44. The summed E-state index contributed by atoms with van der Waals surface area (Å²) in [6.45, 7) is 0. The van der Waals surface area contributed by atoms with Crippen LogP contribution in [-0.2, 0) is 15.7 Å². The highest BCUT2D eigenvalue weighted by Crippen LogP contribution is 2.31. The topological polar surface area (TPSA) is 65.2 Å². The number of carbonyl (C=O) groups is 1. The number of esters is 1. The maximum absolute atomic E-state index is 12.6. The molecule has 0 spiro atoms. The zero-order valence-electron chi connectivity index (χ0n) is 8.78. The van der Waals surface area contributed by atoms with Crippen molar-refractivity contribution in [3.8, 4) is 0 Å². The molecule has 0 saturated carbocycles. The molecule has 0 bridgehead atoms. The number of rotatable bonds is 2. The van der Waals surface area contributed by atoms with Crippen molar-refractivity contribution in [2.24, 2.45) is 0 Å². The molecule has 0 atom stereocenters. The van der Waals surface area contributed by atoms with Crippen molar-refractivity contribution in [1.29, 1.82) is 0 Å². The molecule has 92 valence electrons.